The maximum absolute atomic E-state index is 13.1. The Morgan fingerprint density at radius 1 is 1.18 bits per heavy atom. The van der Waals surface area contributed by atoms with Crippen molar-refractivity contribution in [1.82, 2.24) is 33.6 Å². The molecule has 4 aromatic rings. The van der Waals surface area contributed by atoms with Crippen LogP contribution in [0.3, 0.4) is 0 Å². The Balaban J connectivity index is 1.20. The lowest BCUT2D eigenvalue weighted by Crippen LogP contribution is -2.42. The Bertz CT molecular complexity index is 1710. The SMILES string of the molecule is COC(=O)Cn1c(=O)c2c(ncn2[C@@H](C)C(=O)Nc2csc(-c3cnc(N4CC5CC5C4)nc3)n2)n(C)c1=O. The zero-order chi connectivity index (χ0) is 27.4. The number of thiazole rings is 1. The molecule has 39 heavy (non-hydrogen) atoms. The molecule has 1 saturated carbocycles. The van der Waals surface area contributed by atoms with Crippen LogP contribution in [0, 0.1) is 11.8 Å². The Kier molecular flexibility index (Phi) is 6.01. The van der Waals surface area contributed by atoms with Crippen LogP contribution in [-0.2, 0) is 27.9 Å². The van der Waals surface area contributed by atoms with Crippen molar-refractivity contribution in [1.29, 1.82) is 0 Å². The highest BCUT2D eigenvalue weighted by Crippen LogP contribution is 2.45. The van der Waals surface area contributed by atoms with E-state index < -0.39 is 35.7 Å². The molecule has 14 nitrogen and oxygen atoms in total. The molecule has 1 aliphatic heterocycles. The van der Waals surface area contributed by atoms with Gasteiger partial charge in [0.05, 0.1) is 13.4 Å². The number of hydrogen-bond donors (Lipinski definition) is 1. The fourth-order valence-corrected chi connectivity index (χ4v) is 5.62. The van der Waals surface area contributed by atoms with E-state index >= 15 is 0 Å². The Morgan fingerprint density at radius 3 is 2.59 bits per heavy atom. The van der Waals surface area contributed by atoms with Gasteiger partial charge in [0, 0.05) is 43.5 Å². The van der Waals surface area contributed by atoms with Crippen molar-refractivity contribution in [3.63, 3.8) is 0 Å². The molecule has 3 atom stereocenters. The first-order chi connectivity index (χ1) is 18.7. The number of hydrogen-bond acceptors (Lipinski definition) is 11. The predicted molar refractivity (Wildman–Crippen MR) is 142 cm³/mol. The van der Waals surface area contributed by atoms with Gasteiger partial charge in [0.25, 0.3) is 5.56 Å². The standard InChI is InChI=1S/C24H25N9O5S/c1-12(33-11-27-19-18(33)22(36)32(9-17(34)38-3)24(37)30(19)2)20(35)28-16-10-39-21(29-16)15-5-25-23(26-6-15)31-7-13-4-14(13)8-31/h5-6,10-14H,4,7-9H2,1-3H3,(H,28,35)/t12-,13?,14?/m0/s1. The first-order valence-electron chi connectivity index (χ1n) is 12.3. The van der Waals surface area contributed by atoms with Crippen LogP contribution in [0.1, 0.15) is 19.4 Å². The zero-order valence-electron chi connectivity index (χ0n) is 21.4. The molecule has 2 unspecified atom stereocenters. The summed E-state index contributed by atoms with van der Waals surface area (Å²) in [6.07, 6.45) is 6.10. The van der Waals surface area contributed by atoms with E-state index in [0.29, 0.717) is 10.8 Å². The van der Waals surface area contributed by atoms with Gasteiger partial charge in [0.1, 0.15) is 23.4 Å². The van der Waals surface area contributed by atoms with Gasteiger partial charge in [-0.1, -0.05) is 0 Å². The van der Waals surface area contributed by atoms with Crippen molar-refractivity contribution < 1.29 is 14.3 Å². The largest absolute Gasteiger partial charge is 0.468 e. The third-order valence-corrected chi connectivity index (χ3v) is 8.16. The van der Waals surface area contributed by atoms with E-state index in [0.717, 1.165) is 52.7 Å². The van der Waals surface area contributed by atoms with Crippen LogP contribution in [0.2, 0.25) is 0 Å². The molecule has 0 radical (unpaired) electrons. The molecule has 2 fully saturated rings. The summed E-state index contributed by atoms with van der Waals surface area (Å²) in [7, 11) is 2.59. The van der Waals surface area contributed by atoms with Gasteiger partial charge in [-0.25, -0.2) is 29.3 Å². The monoisotopic (exact) mass is 551 g/mol. The summed E-state index contributed by atoms with van der Waals surface area (Å²) in [5.74, 6) is 1.44. The summed E-state index contributed by atoms with van der Waals surface area (Å²) < 4.78 is 7.86. The highest BCUT2D eigenvalue weighted by molar-refractivity contribution is 7.13. The molecule has 1 amide bonds. The summed E-state index contributed by atoms with van der Waals surface area (Å²) in [4.78, 5) is 70.5. The van der Waals surface area contributed by atoms with Gasteiger partial charge >= 0.3 is 11.7 Å². The fourth-order valence-electron chi connectivity index (χ4n) is 4.89. The van der Waals surface area contributed by atoms with Gasteiger partial charge < -0.3 is 19.5 Å². The lowest BCUT2D eigenvalue weighted by molar-refractivity contribution is -0.141. The number of rotatable bonds is 7. The lowest BCUT2D eigenvalue weighted by atomic mass is 10.3. The van der Waals surface area contributed by atoms with Crippen molar-refractivity contribution in [2.24, 2.45) is 18.9 Å². The summed E-state index contributed by atoms with van der Waals surface area (Å²) in [6.45, 7) is 3.05. The molecule has 0 bridgehead atoms. The number of aromatic nitrogens is 7. The number of ether oxygens (including phenoxy) is 1. The topological polar surface area (TPSA) is 159 Å². The minimum atomic E-state index is -0.883. The van der Waals surface area contributed by atoms with Crippen molar-refractivity contribution in [2.45, 2.75) is 25.9 Å². The van der Waals surface area contributed by atoms with Crippen molar-refractivity contribution in [3.05, 3.63) is 44.9 Å². The second-order valence-corrected chi connectivity index (χ2v) is 10.6. The Morgan fingerprint density at radius 2 is 1.90 bits per heavy atom. The number of imidazole rings is 1. The average molecular weight is 552 g/mol. The summed E-state index contributed by atoms with van der Waals surface area (Å²) >= 11 is 1.34. The van der Waals surface area contributed by atoms with Gasteiger partial charge in [-0.3, -0.25) is 19.0 Å². The number of nitrogens with zero attached hydrogens (tertiary/aromatic N) is 8. The fraction of sp³-hybridized carbons (Fsp3) is 0.417. The molecule has 15 heteroatoms. The summed E-state index contributed by atoms with van der Waals surface area (Å²) in [6, 6.07) is -0.883. The number of methoxy groups -OCH3 is 1. The molecule has 2 aliphatic rings. The third-order valence-electron chi connectivity index (χ3n) is 7.27. The highest BCUT2D eigenvalue weighted by Gasteiger charge is 2.45. The number of nitrogens with one attached hydrogen (secondary N) is 1. The van der Waals surface area contributed by atoms with Crippen LogP contribution in [0.15, 0.2) is 33.7 Å². The van der Waals surface area contributed by atoms with Crippen molar-refractivity contribution >= 4 is 46.1 Å². The summed E-state index contributed by atoms with van der Waals surface area (Å²) in [5.41, 5.74) is -0.620. The molecular weight excluding hydrogens is 526 g/mol. The van der Waals surface area contributed by atoms with Crippen LogP contribution in [0.5, 0.6) is 0 Å². The molecule has 1 saturated heterocycles. The van der Waals surface area contributed by atoms with Gasteiger partial charge in [0.2, 0.25) is 11.9 Å². The van der Waals surface area contributed by atoms with E-state index in [1.165, 1.54) is 35.7 Å². The average Bonchev–Trinajstić information content (AvgIpc) is 3.32. The normalized spacial score (nSPS) is 18.7. The van der Waals surface area contributed by atoms with Gasteiger partial charge in [-0.2, -0.15) is 0 Å². The quantitative estimate of drug-likeness (QED) is 0.323. The van der Waals surface area contributed by atoms with Gasteiger partial charge in [-0.15, -0.1) is 11.3 Å². The number of piperidine rings is 1. The number of fused-ring (bicyclic) bond motifs is 2. The predicted octanol–water partition coefficient (Wildman–Crippen LogP) is 0.639. The lowest BCUT2D eigenvalue weighted by Gasteiger charge is -2.17. The second kappa shape index (κ2) is 9.41. The van der Waals surface area contributed by atoms with Crippen molar-refractivity contribution in [3.8, 4) is 10.6 Å². The number of anilines is 2. The molecule has 1 N–H and O–H groups in total. The number of aryl methyl sites for hydroxylation is 1. The highest BCUT2D eigenvalue weighted by atomic mass is 32.1. The van der Waals surface area contributed by atoms with E-state index in [1.807, 2.05) is 0 Å². The molecule has 5 heterocycles. The summed E-state index contributed by atoms with van der Waals surface area (Å²) in [5, 5.41) is 5.13. The second-order valence-electron chi connectivity index (χ2n) is 9.77. The van der Waals surface area contributed by atoms with E-state index in [4.69, 9.17) is 0 Å². The number of esters is 1. The smallest absolute Gasteiger partial charge is 0.333 e. The molecule has 4 aromatic heterocycles. The minimum Gasteiger partial charge on any atom is -0.468 e. The zero-order valence-corrected chi connectivity index (χ0v) is 22.2. The number of carbonyl (C=O) groups is 2. The Hall–Kier alpha value is -4.40. The van der Waals surface area contributed by atoms with Crippen LogP contribution in [0.25, 0.3) is 21.7 Å². The van der Waals surface area contributed by atoms with Crippen molar-refractivity contribution in [2.75, 3.05) is 30.4 Å². The Labute approximate surface area is 224 Å². The number of amides is 1. The first kappa shape index (κ1) is 24.9. The minimum absolute atomic E-state index is 0.00941. The molecule has 6 rings (SSSR count). The van der Waals surface area contributed by atoms with Crippen LogP contribution in [-0.4, -0.2) is 65.7 Å². The van der Waals surface area contributed by atoms with Crippen LogP contribution in [0.4, 0.5) is 11.8 Å². The maximum Gasteiger partial charge on any atom is 0.333 e. The van der Waals surface area contributed by atoms with Gasteiger partial charge in [-0.05, 0) is 25.2 Å². The van der Waals surface area contributed by atoms with E-state index in [1.54, 1.807) is 24.7 Å². The molecule has 0 spiro atoms. The third kappa shape index (κ3) is 4.37. The van der Waals surface area contributed by atoms with Gasteiger partial charge in [0.15, 0.2) is 11.2 Å². The molecular formula is C24H25N9O5S. The first-order valence-corrected chi connectivity index (χ1v) is 13.2. The van der Waals surface area contributed by atoms with Crippen LogP contribution >= 0.6 is 11.3 Å². The molecule has 1 aliphatic carbocycles. The van der Waals surface area contributed by atoms with E-state index in [-0.39, 0.29) is 11.2 Å². The molecule has 0 aromatic carbocycles. The van der Waals surface area contributed by atoms with Crippen LogP contribution < -0.4 is 21.5 Å². The van der Waals surface area contributed by atoms with E-state index in [2.05, 4.69) is 34.9 Å². The number of carbonyl (C=O) groups excluding carboxylic acids is 2. The maximum atomic E-state index is 13.1. The van der Waals surface area contributed by atoms with E-state index in [9.17, 15) is 19.2 Å². The molecule has 202 valence electrons.